The Hall–Kier alpha value is -5.92. The molecule has 0 spiro atoms. The Morgan fingerprint density at radius 2 is 0.933 bits per heavy atom. The molecule has 9 aromatic rings. The molecule has 1 heteroatoms. The zero-order chi connectivity index (χ0) is 39.3. The summed E-state index contributed by atoms with van der Waals surface area (Å²) in [5.74, 6) is 0. The van der Waals surface area contributed by atoms with E-state index in [-0.39, 0.29) is 45.6 Å². The Bertz CT molecular complexity index is 3070. The molecule has 1 heterocycles. The highest BCUT2D eigenvalue weighted by atomic mass is 16.3. The third-order valence-electron chi connectivity index (χ3n) is 8.19. The van der Waals surface area contributed by atoms with Crippen molar-refractivity contribution in [2.75, 3.05) is 0 Å². The molecule has 0 aliphatic heterocycles. The van der Waals surface area contributed by atoms with Crippen LogP contribution in [0.2, 0.25) is 0 Å². The number of furan rings is 1. The molecule has 0 fully saturated rings. The second-order valence-electron chi connectivity index (χ2n) is 10.8. The van der Waals surface area contributed by atoms with E-state index in [4.69, 9.17) is 18.1 Å². The topological polar surface area (TPSA) is 13.1 Å². The van der Waals surface area contributed by atoms with E-state index in [9.17, 15) is 1.37 Å². The van der Waals surface area contributed by atoms with E-state index in [0.717, 1.165) is 43.8 Å². The Morgan fingerprint density at radius 1 is 0.356 bits per heavy atom. The molecular weight excluding hydrogens is 544 g/mol. The molecule has 0 radical (unpaired) electrons. The summed E-state index contributed by atoms with van der Waals surface area (Å²) in [6, 6.07) is 28.3. The van der Waals surface area contributed by atoms with Crippen molar-refractivity contribution in [3.63, 3.8) is 0 Å². The summed E-state index contributed by atoms with van der Waals surface area (Å²) in [4.78, 5) is 0. The molecule has 8 aromatic carbocycles. The van der Waals surface area contributed by atoms with Gasteiger partial charge in [0.15, 0.2) is 0 Å². The molecule has 0 bridgehead atoms. The van der Waals surface area contributed by atoms with Crippen LogP contribution < -0.4 is 0 Å². The molecule has 0 saturated carbocycles. The largest absolute Gasteiger partial charge is 0.456 e. The van der Waals surface area contributed by atoms with Crippen molar-refractivity contribution < 1.29 is 19.5 Å². The standard InChI is InChI=1S/C44H28O/c1-3-12-29(13-4-1)33-22-24-35-40-27-32(23-25-41(40)45-42(35)28-33)31-16-11-17-34(26-31)44-38-20-9-7-18-36(38)43(30-14-5-2-6-15-30)37-19-8-10-21-39(37)44/h1-28H/i1D,3D,4D,12D,13D,22D,23D,24D,25D,27D,28D. The van der Waals surface area contributed by atoms with Gasteiger partial charge in [-0.1, -0.05) is 139 Å². The molecular formula is C44H28O. The van der Waals surface area contributed by atoms with Crippen molar-refractivity contribution in [1.29, 1.82) is 0 Å². The summed E-state index contributed by atoms with van der Waals surface area (Å²) >= 11 is 0. The molecule has 0 unspecified atom stereocenters. The van der Waals surface area contributed by atoms with Crippen molar-refractivity contribution in [1.82, 2.24) is 0 Å². The minimum absolute atomic E-state index is 0.0240. The zero-order valence-electron chi connectivity index (χ0n) is 34.7. The Kier molecular flexibility index (Phi) is 3.87. The van der Waals surface area contributed by atoms with Crippen LogP contribution in [0.25, 0.3) is 88.0 Å². The van der Waals surface area contributed by atoms with Crippen molar-refractivity contribution in [3.05, 3.63) is 170 Å². The number of hydrogen-bond donors (Lipinski definition) is 0. The van der Waals surface area contributed by atoms with E-state index in [1.807, 2.05) is 60.7 Å². The van der Waals surface area contributed by atoms with Crippen LogP contribution in [0.1, 0.15) is 15.1 Å². The van der Waals surface area contributed by atoms with Gasteiger partial charge >= 0.3 is 0 Å². The fourth-order valence-electron chi connectivity index (χ4n) is 6.22. The fourth-order valence-corrected chi connectivity index (χ4v) is 6.22. The third kappa shape index (κ3) is 4.24. The van der Waals surface area contributed by atoms with E-state index >= 15 is 0 Å². The van der Waals surface area contributed by atoms with Gasteiger partial charge in [-0.2, -0.15) is 0 Å². The lowest BCUT2D eigenvalue weighted by atomic mass is 9.85. The van der Waals surface area contributed by atoms with E-state index in [1.54, 1.807) is 6.07 Å². The van der Waals surface area contributed by atoms with Crippen LogP contribution in [0.5, 0.6) is 0 Å². The number of rotatable bonds is 4. The highest BCUT2D eigenvalue weighted by molar-refractivity contribution is 6.21. The minimum Gasteiger partial charge on any atom is -0.456 e. The lowest BCUT2D eigenvalue weighted by Crippen LogP contribution is -1.91. The maximum atomic E-state index is 9.48. The van der Waals surface area contributed by atoms with Gasteiger partial charge in [-0.3, -0.25) is 0 Å². The Labute approximate surface area is 277 Å². The molecule has 45 heavy (non-hydrogen) atoms. The lowest BCUT2D eigenvalue weighted by molar-refractivity contribution is 0.669. The second-order valence-corrected chi connectivity index (χ2v) is 10.8. The highest BCUT2D eigenvalue weighted by Crippen LogP contribution is 2.44. The molecule has 0 N–H and O–H groups in total. The maximum absolute atomic E-state index is 9.48. The van der Waals surface area contributed by atoms with Crippen molar-refractivity contribution in [3.8, 4) is 44.5 Å². The molecule has 0 atom stereocenters. The van der Waals surface area contributed by atoms with Crippen LogP contribution in [-0.2, 0) is 0 Å². The average Bonchev–Trinajstić information content (AvgIpc) is 3.63. The van der Waals surface area contributed by atoms with Gasteiger partial charge in [0.1, 0.15) is 11.2 Å². The van der Waals surface area contributed by atoms with Gasteiger partial charge in [0.25, 0.3) is 0 Å². The van der Waals surface area contributed by atoms with Crippen LogP contribution in [0.3, 0.4) is 0 Å². The van der Waals surface area contributed by atoms with E-state index < -0.39 is 59.5 Å². The van der Waals surface area contributed by atoms with Gasteiger partial charge < -0.3 is 4.42 Å². The summed E-state index contributed by atoms with van der Waals surface area (Å²) in [7, 11) is 0. The van der Waals surface area contributed by atoms with Crippen LogP contribution in [0.4, 0.5) is 0 Å². The SMILES string of the molecule is [2H]c1c([2H])c([2H])c(-c2c([2H])c([2H])c3c(oc4c([2H])c([2H])c(-c5cccc(-c6c7ccccc7c(-c7ccccc7)c7ccccc67)c5)c([2H])c43)c2[2H])c([2H])c1[2H]. The first-order valence-corrected chi connectivity index (χ1v) is 14.5. The maximum Gasteiger partial charge on any atom is 0.136 e. The number of benzene rings is 8. The first-order valence-electron chi connectivity index (χ1n) is 20.0. The number of hydrogen-bond acceptors (Lipinski definition) is 1. The normalized spacial score (nSPS) is 15.0. The lowest BCUT2D eigenvalue weighted by Gasteiger charge is -2.18. The fraction of sp³-hybridized carbons (Fsp3) is 0. The Morgan fingerprint density at radius 3 is 1.64 bits per heavy atom. The molecule has 0 aliphatic carbocycles. The third-order valence-corrected chi connectivity index (χ3v) is 8.19. The smallest absolute Gasteiger partial charge is 0.136 e. The van der Waals surface area contributed by atoms with Gasteiger partial charge in [0.05, 0.1) is 15.1 Å². The summed E-state index contributed by atoms with van der Waals surface area (Å²) in [6.45, 7) is 0. The summed E-state index contributed by atoms with van der Waals surface area (Å²) < 4.78 is 102. The molecule has 0 amide bonds. The predicted molar refractivity (Wildman–Crippen MR) is 190 cm³/mol. The van der Waals surface area contributed by atoms with Crippen LogP contribution in [0, 0.1) is 0 Å². The van der Waals surface area contributed by atoms with E-state index in [2.05, 4.69) is 36.4 Å². The van der Waals surface area contributed by atoms with Crippen molar-refractivity contribution in [2.24, 2.45) is 0 Å². The first-order chi connectivity index (χ1) is 26.9. The monoisotopic (exact) mass is 583 g/mol. The molecule has 9 rings (SSSR count). The van der Waals surface area contributed by atoms with E-state index in [1.165, 1.54) is 0 Å². The van der Waals surface area contributed by atoms with Gasteiger partial charge in [0, 0.05) is 10.8 Å². The van der Waals surface area contributed by atoms with Crippen LogP contribution in [0.15, 0.2) is 174 Å². The quantitative estimate of drug-likeness (QED) is 0.188. The van der Waals surface area contributed by atoms with Crippen LogP contribution >= 0.6 is 0 Å². The van der Waals surface area contributed by atoms with Crippen molar-refractivity contribution >= 4 is 43.5 Å². The van der Waals surface area contributed by atoms with Gasteiger partial charge in [-0.15, -0.1) is 0 Å². The Balaban J connectivity index is 1.30. The molecule has 210 valence electrons. The summed E-state index contributed by atoms with van der Waals surface area (Å²) in [5, 5.41) is 4.01. The molecule has 0 aliphatic rings. The molecule has 0 saturated heterocycles. The zero-order valence-corrected chi connectivity index (χ0v) is 23.7. The number of fused-ring (bicyclic) bond motifs is 5. The van der Waals surface area contributed by atoms with Gasteiger partial charge in [-0.25, -0.2) is 0 Å². The summed E-state index contributed by atoms with van der Waals surface area (Å²) in [6.07, 6.45) is 0. The molecule has 1 aromatic heterocycles. The predicted octanol–water partition coefficient (Wildman–Crippen LogP) is 12.6. The average molecular weight is 584 g/mol. The minimum atomic E-state index is -0.656. The first kappa shape index (κ1) is 16.8. The molecule has 1 nitrogen and oxygen atoms in total. The van der Waals surface area contributed by atoms with E-state index in [0.29, 0.717) is 5.56 Å². The van der Waals surface area contributed by atoms with Gasteiger partial charge in [-0.05, 0) is 96.3 Å². The summed E-state index contributed by atoms with van der Waals surface area (Å²) in [5.41, 5.74) is 3.24. The highest BCUT2D eigenvalue weighted by Gasteiger charge is 2.17. The second kappa shape index (κ2) is 10.4. The van der Waals surface area contributed by atoms with Crippen molar-refractivity contribution in [2.45, 2.75) is 0 Å². The van der Waals surface area contributed by atoms with Crippen LogP contribution in [-0.4, -0.2) is 0 Å². The van der Waals surface area contributed by atoms with Gasteiger partial charge in [0.2, 0.25) is 0 Å².